The molecule has 0 saturated heterocycles. The molecule has 0 atom stereocenters. The number of nitrogens with zero attached hydrogens (tertiary/aromatic N) is 2. The van der Waals surface area contributed by atoms with Crippen LogP contribution in [-0.2, 0) is 16.1 Å². The average Bonchev–Trinajstić information content (AvgIpc) is 2.60. The van der Waals surface area contributed by atoms with Gasteiger partial charge < -0.3 is 10.2 Å². The van der Waals surface area contributed by atoms with Crippen LogP contribution in [0.25, 0.3) is 0 Å². The van der Waals surface area contributed by atoms with Crippen LogP contribution < -0.4 is 5.32 Å². The second-order valence-corrected chi connectivity index (χ2v) is 6.02. The van der Waals surface area contributed by atoms with Gasteiger partial charge in [0.15, 0.2) is 0 Å². The highest BCUT2D eigenvalue weighted by Crippen LogP contribution is 2.13. The Labute approximate surface area is 147 Å². The van der Waals surface area contributed by atoms with E-state index < -0.39 is 0 Å². The first-order chi connectivity index (χ1) is 12.0. The summed E-state index contributed by atoms with van der Waals surface area (Å²) in [5.74, 6) is -0.619. The van der Waals surface area contributed by atoms with Crippen molar-refractivity contribution >= 4 is 17.5 Å². The Bertz CT molecular complexity index is 779. The Kier molecular flexibility index (Phi) is 6.30. The van der Waals surface area contributed by atoms with Crippen molar-refractivity contribution in [2.24, 2.45) is 0 Å². The molecule has 0 aliphatic rings. The van der Waals surface area contributed by atoms with E-state index in [0.717, 1.165) is 5.56 Å². The summed E-state index contributed by atoms with van der Waals surface area (Å²) < 4.78 is 0. The topological polar surface area (TPSA) is 73.2 Å². The van der Waals surface area contributed by atoms with Crippen LogP contribution in [0.5, 0.6) is 0 Å². The van der Waals surface area contributed by atoms with Gasteiger partial charge in [-0.3, -0.25) is 9.59 Å². The van der Waals surface area contributed by atoms with Crippen molar-refractivity contribution in [1.82, 2.24) is 4.90 Å². The number of hydrogen-bond donors (Lipinski definition) is 1. The van der Waals surface area contributed by atoms with Gasteiger partial charge in [-0.2, -0.15) is 5.26 Å². The highest BCUT2D eigenvalue weighted by Gasteiger charge is 2.20. The van der Waals surface area contributed by atoms with Crippen molar-refractivity contribution in [2.45, 2.75) is 32.9 Å². The molecule has 128 valence electrons. The molecule has 0 saturated carbocycles. The lowest BCUT2D eigenvalue weighted by Crippen LogP contribution is -2.38. The zero-order valence-electron chi connectivity index (χ0n) is 14.4. The zero-order chi connectivity index (χ0) is 18.2. The highest BCUT2D eigenvalue weighted by atomic mass is 16.2. The number of amides is 2. The number of rotatable bonds is 6. The van der Waals surface area contributed by atoms with Gasteiger partial charge in [0, 0.05) is 18.3 Å². The van der Waals surface area contributed by atoms with Crippen LogP contribution in [0.4, 0.5) is 5.69 Å². The first-order valence-electron chi connectivity index (χ1n) is 8.13. The summed E-state index contributed by atoms with van der Waals surface area (Å²) in [4.78, 5) is 26.4. The van der Waals surface area contributed by atoms with Crippen molar-refractivity contribution in [2.75, 3.05) is 5.32 Å². The molecule has 1 N–H and O–H groups in total. The van der Waals surface area contributed by atoms with E-state index in [1.54, 1.807) is 29.2 Å². The summed E-state index contributed by atoms with van der Waals surface area (Å²) in [5, 5.41) is 11.6. The van der Waals surface area contributed by atoms with Gasteiger partial charge in [-0.05, 0) is 37.6 Å². The number of carbonyl (C=O) groups is 2. The lowest BCUT2D eigenvalue weighted by atomic mass is 10.1. The fourth-order valence-electron chi connectivity index (χ4n) is 2.45. The predicted molar refractivity (Wildman–Crippen MR) is 96.5 cm³/mol. The van der Waals surface area contributed by atoms with E-state index in [2.05, 4.69) is 5.32 Å². The van der Waals surface area contributed by atoms with E-state index in [0.29, 0.717) is 17.8 Å². The monoisotopic (exact) mass is 335 g/mol. The predicted octanol–water partition coefficient (Wildman–Crippen LogP) is 3.32. The molecule has 2 aromatic rings. The summed E-state index contributed by atoms with van der Waals surface area (Å²) >= 11 is 0. The van der Waals surface area contributed by atoms with E-state index in [1.807, 2.05) is 50.2 Å². The molecule has 0 radical (unpaired) electrons. The van der Waals surface area contributed by atoms with Crippen molar-refractivity contribution in [3.63, 3.8) is 0 Å². The molecule has 0 aromatic heterocycles. The van der Waals surface area contributed by atoms with Crippen molar-refractivity contribution in [3.05, 3.63) is 65.7 Å². The highest BCUT2D eigenvalue weighted by molar-refractivity contribution is 6.03. The van der Waals surface area contributed by atoms with Gasteiger partial charge in [0.2, 0.25) is 11.8 Å². The Morgan fingerprint density at radius 1 is 1.12 bits per heavy atom. The number of hydrogen-bond acceptors (Lipinski definition) is 3. The molecule has 0 fully saturated rings. The maximum absolute atomic E-state index is 12.5. The van der Waals surface area contributed by atoms with E-state index >= 15 is 0 Å². The average molecular weight is 335 g/mol. The number of nitriles is 1. The van der Waals surface area contributed by atoms with Crippen molar-refractivity contribution < 1.29 is 9.59 Å². The van der Waals surface area contributed by atoms with Crippen LogP contribution in [0.2, 0.25) is 0 Å². The molecule has 5 heteroatoms. The van der Waals surface area contributed by atoms with Crippen LogP contribution in [0.15, 0.2) is 54.6 Å². The lowest BCUT2D eigenvalue weighted by Gasteiger charge is -2.26. The normalized spacial score (nSPS) is 10.2. The van der Waals surface area contributed by atoms with Gasteiger partial charge in [-0.15, -0.1) is 0 Å². The molecule has 25 heavy (non-hydrogen) atoms. The quantitative estimate of drug-likeness (QED) is 0.823. The second-order valence-electron chi connectivity index (χ2n) is 6.02. The molecular formula is C20H21N3O2. The molecule has 0 heterocycles. The Balaban J connectivity index is 2.00. The molecule has 0 aliphatic heterocycles. The van der Waals surface area contributed by atoms with E-state index in [9.17, 15) is 9.59 Å². The van der Waals surface area contributed by atoms with Crippen molar-refractivity contribution in [1.29, 1.82) is 5.26 Å². The molecule has 5 nitrogen and oxygen atoms in total. The Morgan fingerprint density at radius 2 is 1.84 bits per heavy atom. The molecule has 2 amide bonds. The van der Waals surface area contributed by atoms with Gasteiger partial charge in [0.05, 0.1) is 11.6 Å². The van der Waals surface area contributed by atoms with Crippen molar-refractivity contribution in [3.8, 4) is 6.07 Å². The zero-order valence-corrected chi connectivity index (χ0v) is 14.4. The van der Waals surface area contributed by atoms with Crippen LogP contribution in [0.1, 0.15) is 31.4 Å². The summed E-state index contributed by atoms with van der Waals surface area (Å²) in [6.45, 7) is 4.32. The summed E-state index contributed by atoms with van der Waals surface area (Å²) in [6, 6.07) is 18.3. The smallest absolute Gasteiger partial charge is 0.233 e. The van der Waals surface area contributed by atoms with E-state index in [4.69, 9.17) is 5.26 Å². The first kappa shape index (κ1) is 18.2. The minimum Gasteiger partial charge on any atom is -0.336 e. The third kappa shape index (κ3) is 5.47. The molecular weight excluding hydrogens is 314 g/mol. The molecule has 0 spiro atoms. The van der Waals surface area contributed by atoms with E-state index in [1.165, 1.54) is 0 Å². The van der Waals surface area contributed by atoms with Gasteiger partial charge >= 0.3 is 0 Å². The number of carbonyl (C=O) groups excluding carboxylic acids is 2. The fraction of sp³-hybridized carbons (Fsp3) is 0.250. The fourth-order valence-corrected chi connectivity index (χ4v) is 2.45. The van der Waals surface area contributed by atoms with Gasteiger partial charge in [-0.1, -0.05) is 36.4 Å². The third-order valence-electron chi connectivity index (χ3n) is 3.73. The third-order valence-corrected chi connectivity index (χ3v) is 3.73. The standard InChI is InChI=1S/C20H21N3O2/c1-15(2)23(14-16-7-4-3-5-8-16)20(25)12-19(24)22-18-10-6-9-17(11-18)13-21/h3-11,15H,12,14H2,1-2H3,(H,22,24). The number of nitrogens with one attached hydrogen (secondary N) is 1. The molecule has 0 aliphatic carbocycles. The Hall–Kier alpha value is -3.13. The van der Waals surface area contributed by atoms with E-state index in [-0.39, 0.29) is 24.3 Å². The molecule has 0 unspecified atom stereocenters. The minimum atomic E-state index is -0.390. The first-order valence-corrected chi connectivity index (χ1v) is 8.13. The van der Waals surface area contributed by atoms with Gasteiger partial charge in [-0.25, -0.2) is 0 Å². The van der Waals surface area contributed by atoms with Crippen LogP contribution in [-0.4, -0.2) is 22.8 Å². The van der Waals surface area contributed by atoms with Crippen LogP contribution >= 0.6 is 0 Å². The molecule has 0 bridgehead atoms. The molecule has 2 rings (SSSR count). The lowest BCUT2D eigenvalue weighted by molar-refractivity contribution is -0.136. The molecule has 2 aromatic carbocycles. The van der Waals surface area contributed by atoms with Crippen LogP contribution in [0.3, 0.4) is 0 Å². The maximum atomic E-state index is 12.5. The summed E-state index contributed by atoms with van der Waals surface area (Å²) in [5.41, 5.74) is 1.99. The number of anilines is 1. The van der Waals surface area contributed by atoms with Crippen LogP contribution in [0, 0.1) is 11.3 Å². The summed E-state index contributed by atoms with van der Waals surface area (Å²) in [7, 11) is 0. The van der Waals surface area contributed by atoms with Gasteiger partial charge in [0.25, 0.3) is 0 Å². The number of benzene rings is 2. The second kappa shape index (κ2) is 8.65. The van der Waals surface area contributed by atoms with Gasteiger partial charge in [0.1, 0.15) is 6.42 Å². The minimum absolute atomic E-state index is 0.0116. The SMILES string of the molecule is CC(C)N(Cc1ccccc1)C(=O)CC(=O)Nc1cccc(C#N)c1. The largest absolute Gasteiger partial charge is 0.336 e. The maximum Gasteiger partial charge on any atom is 0.233 e. The Morgan fingerprint density at radius 3 is 2.48 bits per heavy atom. The summed E-state index contributed by atoms with van der Waals surface area (Å²) in [6.07, 6.45) is -0.234.